The minimum Gasteiger partial charge on any atom is -0.467 e. The maximum absolute atomic E-state index is 13.7. The highest BCUT2D eigenvalue weighted by molar-refractivity contribution is 7.99. The van der Waals surface area contributed by atoms with Crippen LogP contribution in [-0.2, 0) is 11.3 Å². The second kappa shape index (κ2) is 7.31. The molecule has 0 aliphatic carbocycles. The van der Waals surface area contributed by atoms with Crippen molar-refractivity contribution >= 4 is 17.7 Å². The minimum absolute atomic E-state index is 0.0753. The molecule has 0 aliphatic heterocycles. The van der Waals surface area contributed by atoms with Crippen molar-refractivity contribution in [3.05, 3.63) is 54.2 Å². The summed E-state index contributed by atoms with van der Waals surface area (Å²) in [5.74, 6) is 0.793. The SMILES string of the molecule is CN(Cc1ccco1)C(=O)CSc1n[nH]c(-c2ccccc2F)n1. The number of amides is 1. The van der Waals surface area contributed by atoms with E-state index in [1.807, 2.05) is 6.07 Å². The van der Waals surface area contributed by atoms with Gasteiger partial charge in [-0.05, 0) is 24.3 Å². The maximum Gasteiger partial charge on any atom is 0.233 e. The highest BCUT2D eigenvalue weighted by atomic mass is 32.2. The molecule has 0 atom stereocenters. The van der Waals surface area contributed by atoms with Crippen molar-refractivity contribution in [2.45, 2.75) is 11.7 Å². The molecule has 0 fully saturated rings. The lowest BCUT2D eigenvalue weighted by molar-refractivity contribution is -0.127. The van der Waals surface area contributed by atoms with Crippen LogP contribution in [0.15, 0.2) is 52.2 Å². The summed E-state index contributed by atoms with van der Waals surface area (Å²) in [6.07, 6.45) is 1.57. The third-order valence-electron chi connectivity index (χ3n) is 3.32. The summed E-state index contributed by atoms with van der Waals surface area (Å²) in [5, 5.41) is 7.10. The number of nitrogens with zero attached hydrogens (tertiary/aromatic N) is 3. The van der Waals surface area contributed by atoms with Gasteiger partial charge in [0, 0.05) is 7.05 Å². The van der Waals surface area contributed by atoms with Crippen LogP contribution in [0.25, 0.3) is 11.4 Å². The summed E-state index contributed by atoms with van der Waals surface area (Å²) in [6, 6.07) is 9.90. The number of aromatic amines is 1. The Labute approximate surface area is 142 Å². The molecule has 2 aromatic heterocycles. The Morgan fingerprint density at radius 1 is 1.33 bits per heavy atom. The maximum atomic E-state index is 13.7. The minimum atomic E-state index is -0.376. The Morgan fingerprint density at radius 2 is 2.17 bits per heavy atom. The second-order valence-corrected chi connectivity index (χ2v) is 6.01. The number of halogens is 1. The number of carbonyl (C=O) groups is 1. The monoisotopic (exact) mass is 346 g/mol. The molecule has 6 nitrogen and oxygen atoms in total. The predicted molar refractivity (Wildman–Crippen MR) is 87.7 cm³/mol. The molecule has 0 bridgehead atoms. The molecule has 124 valence electrons. The van der Waals surface area contributed by atoms with Crippen LogP contribution in [-0.4, -0.2) is 38.8 Å². The first-order chi connectivity index (χ1) is 11.6. The highest BCUT2D eigenvalue weighted by Gasteiger charge is 2.14. The number of thioether (sulfide) groups is 1. The molecule has 0 radical (unpaired) electrons. The average Bonchev–Trinajstić information content (AvgIpc) is 3.24. The number of hydrogen-bond acceptors (Lipinski definition) is 5. The van der Waals surface area contributed by atoms with Crippen molar-refractivity contribution in [1.82, 2.24) is 20.1 Å². The lowest BCUT2D eigenvalue weighted by Gasteiger charge is -2.14. The van der Waals surface area contributed by atoms with Crippen LogP contribution in [0.5, 0.6) is 0 Å². The number of H-pyrrole nitrogens is 1. The first-order valence-electron chi connectivity index (χ1n) is 7.20. The molecule has 0 saturated carbocycles. The summed E-state index contributed by atoms with van der Waals surface area (Å²) in [4.78, 5) is 17.9. The van der Waals surface area contributed by atoms with Gasteiger partial charge >= 0.3 is 0 Å². The highest BCUT2D eigenvalue weighted by Crippen LogP contribution is 2.21. The van der Waals surface area contributed by atoms with Crippen molar-refractivity contribution < 1.29 is 13.6 Å². The van der Waals surface area contributed by atoms with Gasteiger partial charge in [-0.15, -0.1) is 5.10 Å². The Balaban J connectivity index is 1.57. The summed E-state index contributed by atoms with van der Waals surface area (Å²) in [6.45, 7) is 0.404. The van der Waals surface area contributed by atoms with Gasteiger partial charge in [0.25, 0.3) is 0 Å². The van der Waals surface area contributed by atoms with E-state index in [4.69, 9.17) is 4.42 Å². The molecular weight excluding hydrogens is 331 g/mol. The number of nitrogens with one attached hydrogen (secondary N) is 1. The summed E-state index contributed by atoms with van der Waals surface area (Å²) in [7, 11) is 1.70. The van der Waals surface area contributed by atoms with Crippen LogP contribution in [0.4, 0.5) is 4.39 Å². The molecule has 24 heavy (non-hydrogen) atoms. The fraction of sp³-hybridized carbons (Fsp3) is 0.188. The third-order valence-corrected chi connectivity index (χ3v) is 4.15. The Kier molecular flexibility index (Phi) is 4.95. The summed E-state index contributed by atoms with van der Waals surface area (Å²) in [5.41, 5.74) is 0.345. The van der Waals surface area contributed by atoms with Gasteiger partial charge in [-0.3, -0.25) is 9.89 Å². The van der Waals surface area contributed by atoms with Crippen molar-refractivity contribution in [1.29, 1.82) is 0 Å². The van der Waals surface area contributed by atoms with Crippen molar-refractivity contribution in [2.75, 3.05) is 12.8 Å². The number of carbonyl (C=O) groups excluding carboxylic acids is 1. The van der Waals surface area contributed by atoms with E-state index in [-0.39, 0.29) is 17.5 Å². The topological polar surface area (TPSA) is 75.0 Å². The average molecular weight is 346 g/mol. The zero-order chi connectivity index (χ0) is 16.9. The molecule has 3 rings (SSSR count). The zero-order valence-corrected chi connectivity index (χ0v) is 13.7. The number of aromatic nitrogens is 3. The van der Waals surface area contributed by atoms with E-state index in [9.17, 15) is 9.18 Å². The van der Waals surface area contributed by atoms with Gasteiger partial charge in [0.05, 0.1) is 24.1 Å². The molecule has 8 heteroatoms. The first kappa shape index (κ1) is 16.3. The summed E-state index contributed by atoms with van der Waals surface area (Å²) >= 11 is 1.19. The van der Waals surface area contributed by atoms with E-state index >= 15 is 0 Å². The van der Waals surface area contributed by atoms with Crippen LogP contribution in [0.3, 0.4) is 0 Å². The molecule has 1 N–H and O–H groups in total. The number of hydrogen-bond donors (Lipinski definition) is 1. The molecule has 0 aliphatic rings. The molecule has 0 saturated heterocycles. The Bertz CT molecular complexity index is 819. The van der Waals surface area contributed by atoms with E-state index in [0.29, 0.717) is 23.1 Å². The molecule has 1 aromatic carbocycles. The normalized spacial score (nSPS) is 10.8. The number of furan rings is 1. The van der Waals surface area contributed by atoms with Crippen molar-refractivity contribution in [3.8, 4) is 11.4 Å². The van der Waals surface area contributed by atoms with Crippen LogP contribution in [0.2, 0.25) is 0 Å². The molecule has 2 heterocycles. The van der Waals surface area contributed by atoms with E-state index in [1.165, 1.54) is 17.8 Å². The first-order valence-corrected chi connectivity index (χ1v) is 8.18. The Hall–Kier alpha value is -2.61. The predicted octanol–water partition coefficient (Wildman–Crippen LogP) is 2.95. The lowest BCUT2D eigenvalue weighted by atomic mass is 10.2. The zero-order valence-electron chi connectivity index (χ0n) is 12.9. The number of benzene rings is 1. The summed E-state index contributed by atoms with van der Waals surface area (Å²) < 4.78 is 18.9. The molecule has 3 aromatic rings. The fourth-order valence-electron chi connectivity index (χ4n) is 2.05. The number of rotatable bonds is 6. The molecule has 0 unspecified atom stereocenters. The molecule has 0 spiro atoms. The van der Waals surface area contributed by atoms with Crippen molar-refractivity contribution in [2.24, 2.45) is 0 Å². The van der Waals surface area contributed by atoms with Gasteiger partial charge < -0.3 is 9.32 Å². The van der Waals surface area contributed by atoms with E-state index < -0.39 is 0 Å². The standard InChI is InChI=1S/C16H15FN4O2S/c1-21(9-11-5-4-8-23-11)14(22)10-24-16-18-15(19-20-16)12-6-2-3-7-13(12)17/h2-8H,9-10H2,1H3,(H,18,19,20). The van der Waals surface area contributed by atoms with E-state index in [2.05, 4.69) is 15.2 Å². The van der Waals surface area contributed by atoms with Crippen LogP contribution >= 0.6 is 11.8 Å². The largest absolute Gasteiger partial charge is 0.467 e. The van der Waals surface area contributed by atoms with Gasteiger partial charge in [0.2, 0.25) is 11.1 Å². The lowest BCUT2D eigenvalue weighted by Crippen LogP contribution is -2.27. The second-order valence-electron chi connectivity index (χ2n) is 5.06. The van der Waals surface area contributed by atoms with Gasteiger partial charge in [-0.2, -0.15) is 0 Å². The third kappa shape index (κ3) is 3.83. The molecule has 1 amide bonds. The Morgan fingerprint density at radius 3 is 2.92 bits per heavy atom. The smallest absolute Gasteiger partial charge is 0.233 e. The van der Waals surface area contributed by atoms with Crippen LogP contribution < -0.4 is 0 Å². The van der Waals surface area contributed by atoms with Crippen LogP contribution in [0.1, 0.15) is 5.76 Å². The van der Waals surface area contributed by atoms with E-state index in [1.54, 1.807) is 42.5 Å². The van der Waals surface area contributed by atoms with Gasteiger partial charge in [0.15, 0.2) is 5.82 Å². The molecular formula is C16H15FN4O2S. The van der Waals surface area contributed by atoms with Crippen molar-refractivity contribution in [3.63, 3.8) is 0 Å². The van der Waals surface area contributed by atoms with E-state index in [0.717, 1.165) is 5.76 Å². The van der Waals surface area contributed by atoms with Crippen LogP contribution in [0, 0.1) is 5.82 Å². The van der Waals surface area contributed by atoms with Gasteiger partial charge in [0.1, 0.15) is 11.6 Å². The van der Waals surface area contributed by atoms with Gasteiger partial charge in [-0.25, -0.2) is 9.37 Å². The van der Waals surface area contributed by atoms with Gasteiger partial charge in [-0.1, -0.05) is 23.9 Å². The fourth-order valence-corrected chi connectivity index (χ4v) is 2.78. The quantitative estimate of drug-likeness (QED) is 0.695.